The van der Waals surface area contributed by atoms with Crippen LogP contribution in [0.1, 0.15) is 11.1 Å². The Hall–Kier alpha value is -3.10. The van der Waals surface area contributed by atoms with Crippen molar-refractivity contribution < 1.29 is 27.4 Å². The smallest absolute Gasteiger partial charge is 0.422 e. The largest absolute Gasteiger partial charge is 0.497 e. The highest BCUT2D eigenvalue weighted by Crippen LogP contribution is 2.29. The average molecular weight is 411 g/mol. The summed E-state index contributed by atoms with van der Waals surface area (Å²) in [5.74, 6) is 1.61. The van der Waals surface area contributed by atoms with E-state index in [0.717, 1.165) is 16.9 Å². The van der Waals surface area contributed by atoms with E-state index in [-0.39, 0.29) is 11.5 Å². The molecule has 0 aliphatic rings. The SMILES string of the molecule is CN=C(NCc1cccc(OC)c1)NCc1ccc(OCC(F)(F)F)c(OC)c1. The van der Waals surface area contributed by atoms with Gasteiger partial charge in [0.2, 0.25) is 0 Å². The minimum Gasteiger partial charge on any atom is -0.497 e. The number of hydrogen-bond donors (Lipinski definition) is 2. The van der Waals surface area contributed by atoms with Crippen LogP contribution in [0.4, 0.5) is 13.2 Å². The summed E-state index contributed by atoms with van der Waals surface area (Å²) in [5.41, 5.74) is 1.82. The number of methoxy groups -OCH3 is 2. The van der Waals surface area contributed by atoms with Crippen LogP contribution < -0.4 is 24.8 Å². The Balaban J connectivity index is 1.92. The number of benzene rings is 2. The fourth-order valence-electron chi connectivity index (χ4n) is 2.48. The van der Waals surface area contributed by atoms with E-state index < -0.39 is 12.8 Å². The molecule has 2 aromatic carbocycles. The third kappa shape index (κ3) is 7.44. The molecule has 0 spiro atoms. The van der Waals surface area contributed by atoms with Crippen LogP contribution in [0.15, 0.2) is 47.5 Å². The van der Waals surface area contributed by atoms with E-state index in [4.69, 9.17) is 14.2 Å². The molecule has 9 heteroatoms. The van der Waals surface area contributed by atoms with Crippen molar-refractivity contribution in [3.8, 4) is 17.2 Å². The third-order valence-corrected chi connectivity index (χ3v) is 3.90. The molecule has 0 saturated heterocycles. The second-order valence-electron chi connectivity index (χ2n) is 6.02. The van der Waals surface area contributed by atoms with Crippen molar-refractivity contribution in [2.24, 2.45) is 4.99 Å². The topological polar surface area (TPSA) is 64.1 Å². The molecule has 29 heavy (non-hydrogen) atoms. The number of guanidine groups is 1. The summed E-state index contributed by atoms with van der Waals surface area (Å²) in [7, 11) is 4.64. The van der Waals surface area contributed by atoms with E-state index in [2.05, 4.69) is 15.6 Å². The van der Waals surface area contributed by atoms with Crippen LogP contribution in [0, 0.1) is 0 Å². The summed E-state index contributed by atoms with van der Waals surface area (Å²) in [4.78, 5) is 4.16. The van der Waals surface area contributed by atoms with Gasteiger partial charge < -0.3 is 24.8 Å². The minimum absolute atomic E-state index is 0.0362. The third-order valence-electron chi connectivity index (χ3n) is 3.90. The monoisotopic (exact) mass is 411 g/mol. The van der Waals surface area contributed by atoms with E-state index in [0.29, 0.717) is 19.0 Å². The van der Waals surface area contributed by atoms with Gasteiger partial charge in [-0.25, -0.2) is 0 Å². The lowest BCUT2D eigenvalue weighted by molar-refractivity contribution is -0.153. The van der Waals surface area contributed by atoms with Crippen molar-refractivity contribution >= 4 is 5.96 Å². The maximum Gasteiger partial charge on any atom is 0.422 e. The molecule has 0 radical (unpaired) electrons. The van der Waals surface area contributed by atoms with Crippen LogP contribution in [0.25, 0.3) is 0 Å². The number of nitrogens with zero attached hydrogens (tertiary/aromatic N) is 1. The van der Waals surface area contributed by atoms with Crippen molar-refractivity contribution in [2.45, 2.75) is 19.3 Å². The Kier molecular flexibility index (Phi) is 7.99. The van der Waals surface area contributed by atoms with Gasteiger partial charge in [-0.1, -0.05) is 18.2 Å². The van der Waals surface area contributed by atoms with Gasteiger partial charge in [-0.2, -0.15) is 13.2 Å². The lowest BCUT2D eigenvalue weighted by atomic mass is 10.2. The molecular weight excluding hydrogens is 387 g/mol. The average Bonchev–Trinajstić information content (AvgIpc) is 2.72. The lowest BCUT2D eigenvalue weighted by Gasteiger charge is -2.15. The zero-order valence-corrected chi connectivity index (χ0v) is 16.5. The zero-order valence-electron chi connectivity index (χ0n) is 16.5. The van der Waals surface area contributed by atoms with Gasteiger partial charge in [0.1, 0.15) is 5.75 Å². The quantitative estimate of drug-likeness (QED) is 0.514. The Morgan fingerprint density at radius 2 is 1.62 bits per heavy atom. The molecule has 2 rings (SSSR count). The summed E-state index contributed by atoms with van der Waals surface area (Å²) in [5, 5.41) is 6.33. The van der Waals surface area contributed by atoms with Crippen molar-refractivity contribution in [2.75, 3.05) is 27.9 Å². The van der Waals surface area contributed by atoms with E-state index in [1.54, 1.807) is 26.3 Å². The first kappa shape index (κ1) is 22.2. The van der Waals surface area contributed by atoms with Crippen LogP contribution in [-0.2, 0) is 13.1 Å². The minimum atomic E-state index is -4.41. The highest BCUT2D eigenvalue weighted by Gasteiger charge is 2.29. The molecule has 158 valence electrons. The number of ether oxygens (including phenoxy) is 3. The first-order chi connectivity index (χ1) is 13.8. The molecule has 0 fully saturated rings. The number of alkyl halides is 3. The molecule has 0 aliphatic carbocycles. The van der Waals surface area contributed by atoms with E-state index in [9.17, 15) is 13.2 Å². The fourth-order valence-corrected chi connectivity index (χ4v) is 2.48. The first-order valence-electron chi connectivity index (χ1n) is 8.78. The van der Waals surface area contributed by atoms with Crippen molar-refractivity contribution in [3.63, 3.8) is 0 Å². The summed E-state index contributed by atoms with van der Waals surface area (Å²) in [6.07, 6.45) is -4.41. The Labute approximate surface area is 167 Å². The van der Waals surface area contributed by atoms with Crippen molar-refractivity contribution in [1.29, 1.82) is 0 Å². The Morgan fingerprint density at radius 3 is 2.21 bits per heavy atom. The van der Waals surface area contributed by atoms with Crippen molar-refractivity contribution in [3.05, 3.63) is 53.6 Å². The van der Waals surface area contributed by atoms with Gasteiger partial charge >= 0.3 is 6.18 Å². The van der Waals surface area contributed by atoms with Crippen LogP contribution in [0.3, 0.4) is 0 Å². The fraction of sp³-hybridized carbons (Fsp3) is 0.350. The number of hydrogen-bond acceptors (Lipinski definition) is 4. The number of halogens is 3. The highest BCUT2D eigenvalue weighted by molar-refractivity contribution is 5.79. The Bertz CT molecular complexity index is 826. The molecule has 0 aromatic heterocycles. The summed E-state index contributed by atoms with van der Waals surface area (Å²) >= 11 is 0. The Morgan fingerprint density at radius 1 is 0.931 bits per heavy atom. The zero-order chi connectivity index (χ0) is 21.3. The van der Waals surface area contributed by atoms with Crippen LogP contribution in [0.5, 0.6) is 17.2 Å². The van der Waals surface area contributed by atoms with Gasteiger partial charge in [0, 0.05) is 20.1 Å². The normalized spacial score (nSPS) is 11.7. The molecule has 0 amide bonds. The van der Waals surface area contributed by atoms with Gasteiger partial charge in [-0.05, 0) is 35.4 Å². The standard InChI is InChI=1S/C20H24F3N3O3/c1-24-19(25-11-14-5-4-6-16(9-14)27-2)26-12-15-7-8-17(18(10-15)28-3)29-13-20(21,22)23/h4-10H,11-13H2,1-3H3,(H2,24,25,26). The van der Waals surface area contributed by atoms with Gasteiger partial charge in [-0.3, -0.25) is 4.99 Å². The maximum absolute atomic E-state index is 12.3. The van der Waals surface area contributed by atoms with Gasteiger partial charge in [0.25, 0.3) is 0 Å². The van der Waals surface area contributed by atoms with Crippen molar-refractivity contribution in [1.82, 2.24) is 10.6 Å². The molecular formula is C20H24F3N3O3. The molecule has 6 nitrogen and oxygen atoms in total. The number of rotatable bonds is 8. The molecule has 2 N–H and O–H groups in total. The second-order valence-corrected chi connectivity index (χ2v) is 6.02. The molecule has 0 heterocycles. The van der Waals surface area contributed by atoms with Gasteiger partial charge in [0.15, 0.2) is 24.1 Å². The summed E-state index contributed by atoms with van der Waals surface area (Å²) in [6, 6.07) is 12.4. The molecule has 0 aliphatic heterocycles. The molecule has 0 saturated carbocycles. The maximum atomic E-state index is 12.3. The molecule has 0 unspecified atom stereocenters. The molecule has 0 atom stereocenters. The number of nitrogens with one attached hydrogen (secondary N) is 2. The van der Waals surface area contributed by atoms with E-state index in [1.165, 1.54) is 13.2 Å². The second kappa shape index (κ2) is 10.4. The lowest BCUT2D eigenvalue weighted by Crippen LogP contribution is -2.36. The highest BCUT2D eigenvalue weighted by atomic mass is 19.4. The molecule has 0 bridgehead atoms. The predicted molar refractivity (Wildman–Crippen MR) is 105 cm³/mol. The van der Waals surface area contributed by atoms with Gasteiger partial charge in [0.05, 0.1) is 14.2 Å². The van der Waals surface area contributed by atoms with Crippen LogP contribution in [-0.4, -0.2) is 40.0 Å². The van der Waals surface area contributed by atoms with E-state index >= 15 is 0 Å². The number of aliphatic imine (C=N–C) groups is 1. The summed E-state index contributed by atoms with van der Waals surface area (Å²) < 4.78 is 52.1. The van der Waals surface area contributed by atoms with E-state index in [1.807, 2.05) is 24.3 Å². The van der Waals surface area contributed by atoms with Crippen LogP contribution >= 0.6 is 0 Å². The van der Waals surface area contributed by atoms with Gasteiger partial charge in [-0.15, -0.1) is 0 Å². The predicted octanol–water partition coefficient (Wildman–Crippen LogP) is 3.51. The molecule has 2 aromatic rings. The summed E-state index contributed by atoms with van der Waals surface area (Å²) in [6.45, 7) is -0.431. The van der Waals surface area contributed by atoms with Crippen LogP contribution in [0.2, 0.25) is 0 Å². The first-order valence-corrected chi connectivity index (χ1v) is 8.78.